The molecule has 0 heterocycles. The zero-order valence-electron chi connectivity index (χ0n) is 8.50. The van der Waals surface area contributed by atoms with Gasteiger partial charge in [-0.25, -0.2) is 0 Å². The molecule has 0 bridgehead atoms. The fraction of sp³-hybridized carbons (Fsp3) is 0.455. The molecule has 0 aliphatic heterocycles. The van der Waals surface area contributed by atoms with Crippen LogP contribution in [0.3, 0.4) is 0 Å². The topological polar surface area (TPSA) is 0 Å². The van der Waals surface area contributed by atoms with Crippen LogP contribution in [0.5, 0.6) is 0 Å². The molecule has 1 rings (SSSR count). The highest BCUT2D eigenvalue weighted by atomic mass is 79.9. The number of rotatable bonds is 5. The molecule has 0 N–H and O–H groups in total. The van der Waals surface area contributed by atoms with Crippen molar-refractivity contribution in [1.82, 2.24) is 0 Å². The lowest BCUT2D eigenvalue weighted by Crippen LogP contribution is -1.90. The number of hydrogen-bond donors (Lipinski definition) is 0. The minimum atomic E-state index is 0.595. The van der Waals surface area contributed by atoms with Gasteiger partial charge in [0.2, 0.25) is 0 Å². The van der Waals surface area contributed by atoms with E-state index in [0.29, 0.717) is 4.58 Å². The lowest BCUT2D eigenvalue weighted by atomic mass is 10.2. The second-order valence-corrected chi connectivity index (χ2v) is 6.77. The first-order valence-electron chi connectivity index (χ1n) is 4.76. The summed E-state index contributed by atoms with van der Waals surface area (Å²) in [6, 6.07) is 8.66. The van der Waals surface area contributed by atoms with Gasteiger partial charge in [0, 0.05) is 4.47 Å². The summed E-state index contributed by atoms with van der Waals surface area (Å²) >= 11 is 7.47. The summed E-state index contributed by atoms with van der Waals surface area (Å²) < 4.78 is 1.75. The molecule has 0 saturated carbocycles. The molecular formula is C11H15BrS2. The van der Waals surface area contributed by atoms with Crippen LogP contribution in [0, 0.1) is 0 Å². The average Bonchev–Trinajstić information content (AvgIpc) is 2.19. The van der Waals surface area contributed by atoms with Crippen LogP contribution in [-0.4, -0.2) is 11.5 Å². The first-order chi connectivity index (χ1) is 6.77. The van der Waals surface area contributed by atoms with E-state index < -0.39 is 0 Å². The Bertz CT molecular complexity index is 252. The molecule has 0 saturated heterocycles. The van der Waals surface area contributed by atoms with Crippen molar-refractivity contribution in [3.8, 4) is 0 Å². The lowest BCUT2D eigenvalue weighted by molar-refractivity contribution is 1.34. The molecular weight excluding hydrogens is 276 g/mol. The second kappa shape index (κ2) is 6.81. The van der Waals surface area contributed by atoms with Crippen molar-refractivity contribution in [2.24, 2.45) is 0 Å². The van der Waals surface area contributed by atoms with Gasteiger partial charge < -0.3 is 0 Å². The maximum Gasteiger partial charge on any atom is 0.0751 e. The SMILES string of the molecule is CCSC(SCC)c1ccc(Br)cc1. The van der Waals surface area contributed by atoms with E-state index in [2.05, 4.69) is 54.0 Å². The van der Waals surface area contributed by atoms with Crippen molar-refractivity contribution >= 4 is 39.5 Å². The van der Waals surface area contributed by atoms with Crippen molar-refractivity contribution in [3.63, 3.8) is 0 Å². The van der Waals surface area contributed by atoms with Crippen LogP contribution in [0.4, 0.5) is 0 Å². The lowest BCUT2D eigenvalue weighted by Gasteiger charge is -2.14. The van der Waals surface area contributed by atoms with E-state index in [1.165, 1.54) is 17.1 Å². The molecule has 0 unspecified atom stereocenters. The van der Waals surface area contributed by atoms with Gasteiger partial charge in [-0.3, -0.25) is 0 Å². The molecule has 3 heteroatoms. The summed E-state index contributed by atoms with van der Waals surface area (Å²) in [6.45, 7) is 4.43. The summed E-state index contributed by atoms with van der Waals surface area (Å²) in [5.74, 6) is 2.35. The molecule has 0 spiro atoms. The van der Waals surface area contributed by atoms with Gasteiger partial charge in [-0.15, -0.1) is 23.5 Å². The molecule has 0 fully saturated rings. The van der Waals surface area contributed by atoms with Crippen molar-refractivity contribution in [3.05, 3.63) is 34.3 Å². The fourth-order valence-corrected chi connectivity index (χ4v) is 3.93. The standard InChI is InChI=1S/C11H15BrS2/c1-3-13-11(14-4-2)9-5-7-10(12)8-6-9/h5-8,11H,3-4H2,1-2H3. The van der Waals surface area contributed by atoms with Crippen LogP contribution in [0.1, 0.15) is 24.0 Å². The van der Waals surface area contributed by atoms with Gasteiger partial charge in [-0.2, -0.15) is 0 Å². The van der Waals surface area contributed by atoms with E-state index in [1.54, 1.807) is 0 Å². The molecule has 0 atom stereocenters. The van der Waals surface area contributed by atoms with Gasteiger partial charge in [0.1, 0.15) is 0 Å². The van der Waals surface area contributed by atoms with E-state index in [9.17, 15) is 0 Å². The van der Waals surface area contributed by atoms with Crippen LogP contribution in [0.25, 0.3) is 0 Å². The summed E-state index contributed by atoms with van der Waals surface area (Å²) in [4.78, 5) is 0. The predicted octanol–water partition coefficient (Wildman–Crippen LogP) is 4.95. The van der Waals surface area contributed by atoms with E-state index in [-0.39, 0.29) is 0 Å². The zero-order valence-corrected chi connectivity index (χ0v) is 11.7. The molecule has 78 valence electrons. The van der Waals surface area contributed by atoms with E-state index in [4.69, 9.17) is 0 Å². The Morgan fingerprint density at radius 2 is 1.57 bits per heavy atom. The number of hydrogen-bond acceptors (Lipinski definition) is 2. The molecule has 0 aromatic heterocycles. The maximum atomic E-state index is 3.46. The van der Waals surface area contributed by atoms with Gasteiger partial charge in [-0.05, 0) is 29.2 Å². The molecule has 1 aromatic carbocycles. The predicted molar refractivity (Wildman–Crippen MR) is 73.1 cm³/mol. The quantitative estimate of drug-likeness (QED) is 0.704. The average molecular weight is 291 g/mol. The first-order valence-corrected chi connectivity index (χ1v) is 7.65. The fourth-order valence-electron chi connectivity index (χ4n) is 1.16. The third-order valence-electron chi connectivity index (χ3n) is 1.78. The van der Waals surface area contributed by atoms with Crippen LogP contribution in [-0.2, 0) is 0 Å². The number of benzene rings is 1. The van der Waals surface area contributed by atoms with E-state index in [1.807, 2.05) is 23.5 Å². The summed E-state index contributed by atoms with van der Waals surface area (Å²) in [5.41, 5.74) is 1.42. The first kappa shape index (κ1) is 12.5. The highest BCUT2D eigenvalue weighted by molar-refractivity contribution is 9.10. The Hall–Kier alpha value is 0.400. The number of thioether (sulfide) groups is 2. The van der Waals surface area contributed by atoms with Crippen LogP contribution in [0.15, 0.2) is 28.7 Å². The molecule has 1 aromatic rings. The van der Waals surface area contributed by atoms with Crippen LogP contribution < -0.4 is 0 Å². The largest absolute Gasteiger partial charge is 0.143 e. The van der Waals surface area contributed by atoms with Crippen molar-refractivity contribution in [2.45, 2.75) is 18.4 Å². The third kappa shape index (κ3) is 3.87. The van der Waals surface area contributed by atoms with E-state index in [0.717, 1.165) is 4.47 Å². The van der Waals surface area contributed by atoms with Crippen LogP contribution >= 0.6 is 39.5 Å². The van der Waals surface area contributed by atoms with Crippen molar-refractivity contribution < 1.29 is 0 Å². The zero-order chi connectivity index (χ0) is 10.4. The summed E-state index contributed by atoms with van der Waals surface area (Å²) in [5, 5.41) is 0. The minimum Gasteiger partial charge on any atom is -0.143 e. The Morgan fingerprint density at radius 3 is 2.00 bits per heavy atom. The molecule has 0 aliphatic rings. The third-order valence-corrected chi connectivity index (χ3v) is 4.94. The monoisotopic (exact) mass is 290 g/mol. The van der Waals surface area contributed by atoms with Crippen molar-refractivity contribution in [1.29, 1.82) is 0 Å². The van der Waals surface area contributed by atoms with Gasteiger partial charge in [0.05, 0.1) is 4.58 Å². The smallest absolute Gasteiger partial charge is 0.0751 e. The molecule has 14 heavy (non-hydrogen) atoms. The van der Waals surface area contributed by atoms with Gasteiger partial charge >= 0.3 is 0 Å². The van der Waals surface area contributed by atoms with Gasteiger partial charge in [0.15, 0.2) is 0 Å². The molecule has 0 nitrogen and oxygen atoms in total. The van der Waals surface area contributed by atoms with Gasteiger partial charge in [0.25, 0.3) is 0 Å². The molecule has 0 amide bonds. The van der Waals surface area contributed by atoms with E-state index >= 15 is 0 Å². The van der Waals surface area contributed by atoms with Crippen LogP contribution in [0.2, 0.25) is 0 Å². The highest BCUT2D eigenvalue weighted by Gasteiger charge is 2.09. The maximum absolute atomic E-state index is 3.46. The van der Waals surface area contributed by atoms with Gasteiger partial charge in [-0.1, -0.05) is 41.9 Å². The summed E-state index contributed by atoms with van der Waals surface area (Å²) in [6.07, 6.45) is 0. The Kier molecular flexibility index (Phi) is 6.06. The Balaban J connectivity index is 2.71. The van der Waals surface area contributed by atoms with Crippen molar-refractivity contribution in [2.75, 3.05) is 11.5 Å². The molecule has 0 radical (unpaired) electrons. The summed E-state index contributed by atoms with van der Waals surface area (Å²) in [7, 11) is 0. The minimum absolute atomic E-state index is 0.595. The molecule has 0 aliphatic carbocycles. The Morgan fingerprint density at radius 1 is 1.07 bits per heavy atom. The Labute approximate surface area is 103 Å². The highest BCUT2D eigenvalue weighted by Crippen LogP contribution is 2.39. The second-order valence-electron chi connectivity index (χ2n) is 2.79. The normalized spacial score (nSPS) is 10.9. The number of halogens is 1.